The van der Waals surface area contributed by atoms with Crippen molar-refractivity contribution in [2.24, 2.45) is 0 Å². The Balaban J connectivity index is 1.48. The third kappa shape index (κ3) is 5.68. The van der Waals surface area contributed by atoms with Gasteiger partial charge in [0.15, 0.2) is 5.16 Å². The van der Waals surface area contributed by atoms with E-state index in [0.29, 0.717) is 46.7 Å². The second-order valence-electron chi connectivity index (χ2n) is 7.74. The number of hydrogen-bond acceptors (Lipinski definition) is 7. The zero-order valence-corrected chi connectivity index (χ0v) is 19.9. The summed E-state index contributed by atoms with van der Waals surface area (Å²) in [4.78, 5) is 12.7. The number of benzene rings is 2. The standard InChI is InChI=1S/C24H27FN4O4S/c1-31-18-12-16(13-19(14-18)32-2)23(30)26-10-9-22-27-28-24(34-15-17-6-5-11-33-17)29(22)21-8-4-3-7-20(21)25/h3-4,7-8,12-14,17H,5-6,9-11,15H2,1-2H3,(H,26,30)/t17-/m1/s1. The van der Waals surface area contributed by atoms with E-state index in [1.165, 1.54) is 32.0 Å². The SMILES string of the molecule is COc1cc(OC)cc(C(=O)NCCc2nnc(SC[C@H]3CCCO3)n2-c2ccccc2F)c1. The lowest BCUT2D eigenvalue weighted by Crippen LogP contribution is -2.26. The first-order chi connectivity index (χ1) is 16.6. The number of hydrogen-bond donors (Lipinski definition) is 1. The first-order valence-electron chi connectivity index (χ1n) is 11.0. The van der Waals surface area contributed by atoms with Crippen LogP contribution in [0, 0.1) is 5.82 Å². The number of nitrogens with one attached hydrogen (secondary N) is 1. The van der Waals surface area contributed by atoms with Crippen molar-refractivity contribution in [2.75, 3.05) is 33.1 Å². The van der Waals surface area contributed by atoms with Gasteiger partial charge in [0.1, 0.15) is 23.1 Å². The zero-order chi connectivity index (χ0) is 23.9. The molecule has 10 heteroatoms. The van der Waals surface area contributed by atoms with Gasteiger partial charge in [-0.25, -0.2) is 4.39 Å². The van der Waals surface area contributed by atoms with E-state index < -0.39 is 0 Å². The molecule has 180 valence electrons. The molecule has 1 amide bonds. The van der Waals surface area contributed by atoms with Gasteiger partial charge in [0, 0.05) is 37.0 Å². The Labute approximate surface area is 201 Å². The minimum absolute atomic E-state index is 0.165. The smallest absolute Gasteiger partial charge is 0.251 e. The van der Waals surface area contributed by atoms with Gasteiger partial charge in [-0.3, -0.25) is 9.36 Å². The molecule has 3 aromatic rings. The molecular formula is C24H27FN4O4S. The monoisotopic (exact) mass is 486 g/mol. The van der Waals surface area contributed by atoms with E-state index in [0.717, 1.165) is 25.2 Å². The van der Waals surface area contributed by atoms with Gasteiger partial charge in [-0.1, -0.05) is 23.9 Å². The summed E-state index contributed by atoms with van der Waals surface area (Å²) in [6, 6.07) is 11.5. The van der Waals surface area contributed by atoms with Crippen LogP contribution >= 0.6 is 11.8 Å². The minimum atomic E-state index is -0.366. The molecule has 8 nitrogen and oxygen atoms in total. The highest BCUT2D eigenvalue weighted by Crippen LogP contribution is 2.27. The van der Waals surface area contributed by atoms with Crippen LogP contribution in [-0.4, -0.2) is 59.9 Å². The van der Waals surface area contributed by atoms with Gasteiger partial charge in [-0.2, -0.15) is 0 Å². The van der Waals surface area contributed by atoms with E-state index in [4.69, 9.17) is 14.2 Å². The van der Waals surface area contributed by atoms with Crippen LogP contribution in [0.15, 0.2) is 47.6 Å². The summed E-state index contributed by atoms with van der Waals surface area (Å²) in [5.41, 5.74) is 0.792. The molecule has 0 aliphatic carbocycles. The number of rotatable bonds is 10. The fourth-order valence-electron chi connectivity index (χ4n) is 3.70. The highest BCUT2D eigenvalue weighted by Gasteiger charge is 2.21. The maximum absolute atomic E-state index is 14.7. The third-order valence-corrected chi connectivity index (χ3v) is 6.52. The maximum Gasteiger partial charge on any atom is 0.251 e. The summed E-state index contributed by atoms with van der Waals surface area (Å²) in [6.07, 6.45) is 2.59. The van der Waals surface area contributed by atoms with Crippen molar-refractivity contribution in [3.05, 3.63) is 59.7 Å². The van der Waals surface area contributed by atoms with E-state index in [9.17, 15) is 9.18 Å². The van der Waals surface area contributed by atoms with E-state index in [2.05, 4.69) is 15.5 Å². The number of methoxy groups -OCH3 is 2. The number of carbonyl (C=O) groups excluding carboxylic acids is 1. The number of aromatic nitrogens is 3. The van der Waals surface area contributed by atoms with Crippen molar-refractivity contribution in [2.45, 2.75) is 30.5 Å². The van der Waals surface area contributed by atoms with Crippen molar-refractivity contribution in [1.82, 2.24) is 20.1 Å². The molecule has 1 N–H and O–H groups in total. The molecule has 1 aliphatic rings. The number of amides is 1. The molecule has 1 fully saturated rings. The van der Waals surface area contributed by atoms with Gasteiger partial charge < -0.3 is 19.5 Å². The lowest BCUT2D eigenvalue weighted by atomic mass is 10.2. The summed E-state index contributed by atoms with van der Waals surface area (Å²) in [5, 5.41) is 12.1. The predicted octanol–water partition coefficient (Wildman–Crippen LogP) is 3.67. The number of ether oxygens (including phenoxy) is 3. The van der Waals surface area contributed by atoms with Gasteiger partial charge in [0.2, 0.25) is 0 Å². The average molecular weight is 487 g/mol. The van der Waals surface area contributed by atoms with Crippen molar-refractivity contribution in [1.29, 1.82) is 0 Å². The molecule has 1 saturated heterocycles. The molecule has 2 aromatic carbocycles. The van der Waals surface area contributed by atoms with E-state index in [-0.39, 0.29) is 17.8 Å². The Bertz CT molecular complexity index is 1110. The van der Waals surface area contributed by atoms with Crippen molar-refractivity contribution < 1.29 is 23.4 Å². The van der Waals surface area contributed by atoms with Gasteiger partial charge in [-0.15, -0.1) is 10.2 Å². The fourth-order valence-corrected chi connectivity index (χ4v) is 4.73. The minimum Gasteiger partial charge on any atom is -0.497 e. The lowest BCUT2D eigenvalue weighted by molar-refractivity contribution is 0.0953. The Kier molecular flexibility index (Phi) is 8.02. The van der Waals surface area contributed by atoms with Gasteiger partial charge in [-0.05, 0) is 37.1 Å². The summed E-state index contributed by atoms with van der Waals surface area (Å²) in [6.45, 7) is 1.07. The van der Waals surface area contributed by atoms with Crippen molar-refractivity contribution >= 4 is 17.7 Å². The number of halogens is 1. The van der Waals surface area contributed by atoms with Gasteiger partial charge in [0.25, 0.3) is 5.91 Å². The van der Waals surface area contributed by atoms with E-state index >= 15 is 0 Å². The van der Waals surface area contributed by atoms with E-state index in [1.54, 1.807) is 41.0 Å². The first-order valence-corrected chi connectivity index (χ1v) is 12.0. The van der Waals surface area contributed by atoms with Crippen molar-refractivity contribution in [3.63, 3.8) is 0 Å². The molecule has 1 atom stereocenters. The zero-order valence-electron chi connectivity index (χ0n) is 19.1. The quantitative estimate of drug-likeness (QED) is 0.438. The Morgan fingerprint density at radius 2 is 1.97 bits per heavy atom. The number of carbonyl (C=O) groups is 1. The summed E-state index contributed by atoms with van der Waals surface area (Å²) < 4.78 is 32.5. The largest absolute Gasteiger partial charge is 0.497 e. The second kappa shape index (κ2) is 11.3. The first kappa shape index (κ1) is 24.0. The van der Waals surface area contributed by atoms with Crippen LogP contribution in [0.1, 0.15) is 29.0 Å². The normalized spacial score (nSPS) is 15.3. The second-order valence-corrected chi connectivity index (χ2v) is 8.73. The molecule has 4 rings (SSSR count). The summed E-state index contributed by atoms with van der Waals surface area (Å²) in [5.74, 6) is 1.69. The Morgan fingerprint density at radius 3 is 2.65 bits per heavy atom. The molecule has 0 radical (unpaired) electrons. The summed E-state index contributed by atoms with van der Waals surface area (Å²) in [7, 11) is 3.06. The van der Waals surface area contributed by atoms with Gasteiger partial charge in [0.05, 0.1) is 26.0 Å². The molecule has 0 bridgehead atoms. The Morgan fingerprint density at radius 1 is 1.21 bits per heavy atom. The van der Waals surface area contributed by atoms with Crippen LogP contribution in [0.5, 0.6) is 11.5 Å². The van der Waals surface area contributed by atoms with Crippen LogP contribution in [0.3, 0.4) is 0 Å². The molecule has 2 heterocycles. The summed E-state index contributed by atoms with van der Waals surface area (Å²) >= 11 is 1.50. The molecule has 1 aromatic heterocycles. The molecule has 34 heavy (non-hydrogen) atoms. The van der Waals surface area contributed by atoms with Crippen LogP contribution in [0.2, 0.25) is 0 Å². The number of nitrogens with zero attached hydrogens (tertiary/aromatic N) is 3. The Hall–Kier alpha value is -3.11. The lowest BCUT2D eigenvalue weighted by Gasteiger charge is -2.13. The number of thioether (sulfide) groups is 1. The fraction of sp³-hybridized carbons (Fsp3) is 0.375. The highest BCUT2D eigenvalue weighted by atomic mass is 32.2. The molecule has 0 unspecified atom stereocenters. The van der Waals surface area contributed by atoms with Crippen LogP contribution < -0.4 is 14.8 Å². The van der Waals surface area contributed by atoms with Crippen LogP contribution in [0.4, 0.5) is 4.39 Å². The molecule has 0 saturated carbocycles. The van der Waals surface area contributed by atoms with E-state index in [1.807, 2.05) is 0 Å². The third-order valence-electron chi connectivity index (χ3n) is 5.46. The number of para-hydroxylation sites is 1. The molecule has 0 spiro atoms. The van der Waals surface area contributed by atoms with Crippen molar-refractivity contribution in [3.8, 4) is 17.2 Å². The predicted molar refractivity (Wildman–Crippen MR) is 127 cm³/mol. The topological polar surface area (TPSA) is 87.5 Å². The van der Waals surface area contributed by atoms with Crippen LogP contribution in [0.25, 0.3) is 5.69 Å². The van der Waals surface area contributed by atoms with Gasteiger partial charge >= 0.3 is 0 Å². The highest BCUT2D eigenvalue weighted by molar-refractivity contribution is 7.99. The molecular weight excluding hydrogens is 459 g/mol. The maximum atomic E-state index is 14.7. The average Bonchev–Trinajstić information content (AvgIpc) is 3.52. The van der Waals surface area contributed by atoms with Crippen LogP contribution in [-0.2, 0) is 11.2 Å². The molecule has 1 aliphatic heterocycles.